The molecule has 0 bridgehead atoms. The number of aromatic nitrogens is 5. The Kier molecular flexibility index (Phi) is 6.10. The first-order valence-electron chi connectivity index (χ1n) is 10.9. The van der Waals surface area contributed by atoms with Gasteiger partial charge in [-0.15, -0.1) is 0 Å². The summed E-state index contributed by atoms with van der Waals surface area (Å²) in [6, 6.07) is 3.60. The van der Waals surface area contributed by atoms with E-state index in [9.17, 15) is 17.6 Å². The van der Waals surface area contributed by atoms with E-state index in [-0.39, 0.29) is 29.8 Å². The van der Waals surface area contributed by atoms with E-state index in [0.29, 0.717) is 23.3 Å². The predicted octanol–water partition coefficient (Wildman–Crippen LogP) is 4.06. The highest BCUT2D eigenvalue weighted by Crippen LogP contribution is 2.30. The van der Waals surface area contributed by atoms with Crippen LogP contribution in [0, 0.1) is 29.2 Å². The molecule has 4 heterocycles. The number of pyridine rings is 1. The lowest BCUT2D eigenvalue weighted by molar-refractivity contribution is 0.340. The molecule has 1 atom stereocenters. The highest BCUT2D eigenvalue weighted by molar-refractivity contribution is 5.77. The highest BCUT2D eigenvalue weighted by atomic mass is 19.2. The van der Waals surface area contributed by atoms with E-state index in [1.807, 2.05) is 0 Å². The Morgan fingerprint density at radius 2 is 1.82 bits per heavy atom. The van der Waals surface area contributed by atoms with E-state index in [0.717, 1.165) is 50.5 Å². The van der Waals surface area contributed by atoms with Crippen LogP contribution in [0.1, 0.15) is 18.4 Å². The largest absolute Gasteiger partial charge is 0.350 e. The second-order valence-corrected chi connectivity index (χ2v) is 8.24. The van der Waals surface area contributed by atoms with Crippen molar-refractivity contribution in [2.75, 3.05) is 18.4 Å². The molecule has 5 rings (SSSR count). The van der Waals surface area contributed by atoms with Crippen molar-refractivity contribution in [3.63, 3.8) is 0 Å². The molecule has 0 amide bonds. The standard InChI is InChI=1S/C23H21F4N7/c24-15-4-3-13(6-16(15)25)8-30-23-31-11-19-21(33-23)34(12-14-2-1-5-28-7-14)22(32-19)20-17(26)9-29-10-18(20)27/h3-4,6,9-11,14,28H,1-2,5,7-8,12H2,(H,30,31,33)/t14-/m0/s1. The lowest BCUT2D eigenvalue weighted by atomic mass is 9.99. The number of halogens is 4. The topological polar surface area (TPSA) is 80.5 Å². The van der Waals surface area contributed by atoms with Crippen LogP contribution < -0.4 is 10.6 Å². The molecule has 0 unspecified atom stereocenters. The molecule has 7 nitrogen and oxygen atoms in total. The van der Waals surface area contributed by atoms with Gasteiger partial charge in [0.15, 0.2) is 28.9 Å². The lowest BCUT2D eigenvalue weighted by Crippen LogP contribution is -2.32. The third-order valence-electron chi connectivity index (χ3n) is 5.84. The van der Waals surface area contributed by atoms with Crippen molar-refractivity contribution in [1.82, 2.24) is 29.8 Å². The van der Waals surface area contributed by atoms with E-state index >= 15 is 0 Å². The summed E-state index contributed by atoms with van der Waals surface area (Å²) in [5.41, 5.74) is 1.03. The molecule has 0 radical (unpaired) electrons. The number of nitrogens with zero attached hydrogens (tertiary/aromatic N) is 5. The Balaban J connectivity index is 1.52. The fraction of sp³-hybridized carbons (Fsp3) is 0.304. The zero-order valence-electron chi connectivity index (χ0n) is 18.0. The van der Waals surface area contributed by atoms with Crippen molar-refractivity contribution >= 4 is 17.1 Å². The van der Waals surface area contributed by atoms with Gasteiger partial charge >= 0.3 is 0 Å². The van der Waals surface area contributed by atoms with Crippen LogP contribution in [0.4, 0.5) is 23.5 Å². The number of fused-ring (bicyclic) bond motifs is 1. The average Bonchev–Trinajstić information content (AvgIpc) is 3.17. The number of rotatable bonds is 6. The molecule has 0 aliphatic carbocycles. The van der Waals surface area contributed by atoms with Crippen LogP contribution in [0.25, 0.3) is 22.6 Å². The zero-order chi connectivity index (χ0) is 23.7. The van der Waals surface area contributed by atoms with Crippen molar-refractivity contribution in [3.8, 4) is 11.4 Å². The monoisotopic (exact) mass is 471 g/mol. The maximum Gasteiger partial charge on any atom is 0.225 e. The number of hydrogen-bond donors (Lipinski definition) is 2. The molecule has 3 aromatic heterocycles. The Hall–Kier alpha value is -3.60. The molecule has 1 aliphatic heterocycles. The van der Waals surface area contributed by atoms with Gasteiger partial charge in [-0.05, 0) is 49.5 Å². The van der Waals surface area contributed by atoms with E-state index in [1.165, 1.54) is 12.3 Å². The van der Waals surface area contributed by atoms with E-state index < -0.39 is 23.3 Å². The minimum atomic E-state index is -0.944. The maximum atomic E-state index is 14.6. The van der Waals surface area contributed by atoms with Crippen LogP contribution in [0.5, 0.6) is 0 Å². The smallest absolute Gasteiger partial charge is 0.225 e. The number of hydrogen-bond acceptors (Lipinski definition) is 6. The Morgan fingerprint density at radius 3 is 2.56 bits per heavy atom. The van der Waals surface area contributed by atoms with Crippen LogP contribution in [-0.2, 0) is 13.1 Å². The van der Waals surface area contributed by atoms with E-state index in [4.69, 9.17) is 0 Å². The van der Waals surface area contributed by atoms with Crippen molar-refractivity contribution in [1.29, 1.82) is 0 Å². The molecule has 2 N–H and O–H groups in total. The van der Waals surface area contributed by atoms with Gasteiger partial charge in [-0.2, -0.15) is 4.98 Å². The average molecular weight is 471 g/mol. The van der Waals surface area contributed by atoms with Gasteiger partial charge in [0.1, 0.15) is 11.3 Å². The minimum absolute atomic E-state index is 0.116. The molecule has 176 valence electrons. The van der Waals surface area contributed by atoms with Crippen molar-refractivity contribution < 1.29 is 17.6 Å². The lowest BCUT2D eigenvalue weighted by Gasteiger charge is -2.24. The molecular formula is C23H21F4N7. The van der Waals surface area contributed by atoms with Gasteiger partial charge in [-0.1, -0.05) is 6.07 Å². The van der Waals surface area contributed by atoms with E-state index in [2.05, 4.69) is 30.6 Å². The van der Waals surface area contributed by atoms with Crippen LogP contribution in [-0.4, -0.2) is 37.6 Å². The number of benzene rings is 1. The van der Waals surface area contributed by atoms with Crippen LogP contribution >= 0.6 is 0 Å². The van der Waals surface area contributed by atoms with Gasteiger partial charge in [0.05, 0.1) is 24.2 Å². The minimum Gasteiger partial charge on any atom is -0.350 e. The van der Waals surface area contributed by atoms with Crippen LogP contribution in [0.15, 0.2) is 36.8 Å². The van der Waals surface area contributed by atoms with Gasteiger partial charge in [0.2, 0.25) is 5.95 Å². The van der Waals surface area contributed by atoms with Crippen LogP contribution in [0.2, 0.25) is 0 Å². The van der Waals surface area contributed by atoms with Gasteiger partial charge < -0.3 is 15.2 Å². The summed E-state index contributed by atoms with van der Waals surface area (Å²) in [5, 5.41) is 6.32. The molecule has 1 aliphatic rings. The summed E-state index contributed by atoms with van der Waals surface area (Å²) >= 11 is 0. The van der Waals surface area contributed by atoms with E-state index in [1.54, 1.807) is 4.57 Å². The summed E-state index contributed by atoms with van der Waals surface area (Å²) in [5.74, 6) is -2.93. The first-order chi connectivity index (χ1) is 16.5. The molecular weight excluding hydrogens is 450 g/mol. The summed E-state index contributed by atoms with van der Waals surface area (Å²) < 4.78 is 57.6. The highest BCUT2D eigenvalue weighted by Gasteiger charge is 2.24. The maximum absolute atomic E-state index is 14.6. The summed E-state index contributed by atoms with van der Waals surface area (Å²) in [6.07, 6.45) is 5.32. The van der Waals surface area contributed by atoms with Gasteiger partial charge in [-0.25, -0.2) is 27.5 Å². The van der Waals surface area contributed by atoms with Crippen molar-refractivity contribution in [3.05, 3.63) is 65.6 Å². The molecule has 1 aromatic carbocycles. The fourth-order valence-electron chi connectivity index (χ4n) is 4.16. The van der Waals surface area contributed by atoms with Crippen molar-refractivity contribution in [2.24, 2.45) is 5.92 Å². The molecule has 1 fully saturated rings. The number of nitrogens with one attached hydrogen (secondary N) is 2. The third-order valence-corrected chi connectivity index (χ3v) is 5.84. The Labute approximate surface area is 192 Å². The quantitative estimate of drug-likeness (QED) is 0.413. The number of piperidine rings is 1. The molecule has 0 spiro atoms. The summed E-state index contributed by atoms with van der Waals surface area (Å²) in [4.78, 5) is 16.8. The number of imidazole rings is 1. The van der Waals surface area contributed by atoms with Gasteiger partial charge in [0, 0.05) is 13.1 Å². The summed E-state index contributed by atoms with van der Waals surface area (Å²) in [7, 11) is 0. The number of anilines is 1. The molecule has 34 heavy (non-hydrogen) atoms. The van der Waals surface area contributed by atoms with Gasteiger partial charge in [0.25, 0.3) is 0 Å². The second-order valence-electron chi connectivity index (χ2n) is 8.24. The molecule has 4 aromatic rings. The first kappa shape index (κ1) is 22.2. The normalized spacial score (nSPS) is 16.2. The third kappa shape index (κ3) is 4.43. The molecule has 0 saturated carbocycles. The zero-order valence-corrected chi connectivity index (χ0v) is 18.0. The molecule has 1 saturated heterocycles. The fourth-order valence-corrected chi connectivity index (χ4v) is 4.16. The van der Waals surface area contributed by atoms with Gasteiger partial charge in [-0.3, -0.25) is 4.98 Å². The summed E-state index contributed by atoms with van der Waals surface area (Å²) in [6.45, 7) is 2.32. The second kappa shape index (κ2) is 9.34. The first-order valence-corrected chi connectivity index (χ1v) is 10.9. The van der Waals surface area contributed by atoms with Crippen molar-refractivity contribution in [2.45, 2.75) is 25.9 Å². The molecule has 11 heteroatoms. The SMILES string of the molecule is Fc1ccc(CNc2ncc3nc(-c4c(F)cncc4F)n(C[C@H]4CCCNC4)c3n2)cc1F. The Morgan fingerprint density at radius 1 is 1.00 bits per heavy atom. The Bertz CT molecular complexity index is 1310. The predicted molar refractivity (Wildman–Crippen MR) is 118 cm³/mol. The van der Waals surface area contributed by atoms with Crippen LogP contribution in [0.3, 0.4) is 0 Å².